The molecule has 0 aromatic rings. The molecule has 0 aromatic heterocycles. The Morgan fingerprint density at radius 2 is 2.00 bits per heavy atom. The van der Waals surface area contributed by atoms with Crippen molar-refractivity contribution in [2.45, 2.75) is 25.0 Å². The normalized spacial score (nSPS) is 17.5. The van der Waals surface area contributed by atoms with Gasteiger partial charge < -0.3 is 21.7 Å². The van der Waals surface area contributed by atoms with Crippen molar-refractivity contribution in [2.75, 3.05) is 6.54 Å². The molecule has 0 amide bonds. The Kier molecular flexibility index (Phi) is 3.99. The summed E-state index contributed by atoms with van der Waals surface area (Å²) in [5, 5.41) is 17.7. The van der Waals surface area contributed by atoms with Crippen molar-refractivity contribution in [3.05, 3.63) is 0 Å². The van der Waals surface area contributed by atoms with E-state index < -0.39 is 23.4 Å². The Hall–Kier alpha value is -0.980. The Bertz CT molecular complexity index is 215. The van der Waals surface area contributed by atoms with E-state index in [1.807, 2.05) is 0 Å². The van der Waals surface area contributed by atoms with Crippen molar-refractivity contribution < 1.29 is 19.8 Å². The molecule has 0 saturated carbocycles. The number of ketones is 1. The Morgan fingerprint density at radius 3 is 2.31 bits per heavy atom. The molecule has 6 nitrogen and oxygen atoms in total. The fraction of sp³-hybridized carbons (Fsp3) is 0.714. The third-order valence-corrected chi connectivity index (χ3v) is 1.71. The van der Waals surface area contributed by atoms with E-state index in [1.54, 1.807) is 0 Å². The molecule has 0 spiro atoms. The second-order valence-corrected chi connectivity index (χ2v) is 2.93. The van der Waals surface area contributed by atoms with Crippen molar-refractivity contribution in [1.82, 2.24) is 0 Å². The number of hydrogen-bond acceptors (Lipinski definition) is 5. The van der Waals surface area contributed by atoms with Gasteiger partial charge >= 0.3 is 5.97 Å². The second kappa shape index (κ2) is 4.31. The maximum absolute atomic E-state index is 11.2. The van der Waals surface area contributed by atoms with Gasteiger partial charge in [-0.05, 0) is 19.9 Å². The second-order valence-electron chi connectivity index (χ2n) is 2.93. The van der Waals surface area contributed by atoms with Crippen molar-refractivity contribution >= 4 is 11.8 Å². The molecule has 0 radical (unpaired) electrons. The van der Waals surface area contributed by atoms with E-state index in [0.29, 0.717) is 0 Å². The smallest absolute Gasteiger partial charge is 0.343 e. The van der Waals surface area contributed by atoms with Gasteiger partial charge in [-0.3, -0.25) is 4.79 Å². The molecule has 0 aliphatic heterocycles. The van der Waals surface area contributed by atoms with Gasteiger partial charge in [-0.1, -0.05) is 0 Å². The zero-order valence-corrected chi connectivity index (χ0v) is 7.36. The van der Waals surface area contributed by atoms with Crippen LogP contribution in [0.5, 0.6) is 0 Å². The highest BCUT2D eigenvalue weighted by Gasteiger charge is 2.41. The van der Waals surface area contributed by atoms with Crippen LogP contribution in [0.3, 0.4) is 0 Å². The van der Waals surface area contributed by atoms with Gasteiger partial charge in [0, 0.05) is 0 Å². The summed E-state index contributed by atoms with van der Waals surface area (Å²) in [5.74, 6) is -2.53. The first-order chi connectivity index (χ1) is 5.84. The monoisotopic (exact) mass is 190 g/mol. The molecule has 76 valence electrons. The number of carboxylic acid groups (broad SMARTS) is 1. The molecule has 0 aliphatic carbocycles. The fourth-order valence-corrected chi connectivity index (χ4v) is 0.777. The topological polar surface area (TPSA) is 127 Å². The number of carboxylic acids is 1. The summed E-state index contributed by atoms with van der Waals surface area (Å²) in [4.78, 5) is 21.6. The summed E-state index contributed by atoms with van der Waals surface area (Å²) in [7, 11) is 0. The van der Waals surface area contributed by atoms with Crippen LogP contribution >= 0.6 is 0 Å². The minimum atomic E-state index is -2.42. The van der Waals surface area contributed by atoms with E-state index >= 15 is 0 Å². The lowest BCUT2D eigenvalue weighted by Crippen LogP contribution is -2.52. The van der Waals surface area contributed by atoms with E-state index in [2.05, 4.69) is 0 Å². The van der Waals surface area contributed by atoms with E-state index in [4.69, 9.17) is 16.6 Å². The van der Waals surface area contributed by atoms with Crippen LogP contribution in [0.1, 0.15) is 13.3 Å². The fourth-order valence-electron chi connectivity index (χ4n) is 0.777. The van der Waals surface area contributed by atoms with Gasteiger partial charge in [-0.15, -0.1) is 0 Å². The van der Waals surface area contributed by atoms with E-state index in [9.17, 15) is 14.7 Å². The molecule has 6 heteroatoms. The van der Waals surface area contributed by atoms with Crippen molar-refractivity contribution in [2.24, 2.45) is 11.5 Å². The molecule has 0 rings (SSSR count). The predicted molar refractivity (Wildman–Crippen MR) is 44.9 cm³/mol. The SMILES string of the molecule is CC(O)(C(=O)O)C(=O)C(N)CCN. The maximum atomic E-state index is 11.2. The van der Waals surface area contributed by atoms with Gasteiger partial charge in [0.2, 0.25) is 5.60 Å². The molecule has 0 bridgehead atoms. The number of aliphatic hydroxyl groups is 1. The molecule has 0 aliphatic rings. The lowest BCUT2D eigenvalue weighted by molar-refractivity contribution is -0.163. The largest absolute Gasteiger partial charge is 0.479 e. The number of aliphatic carboxylic acids is 1. The first-order valence-electron chi connectivity index (χ1n) is 3.79. The molecule has 2 atom stereocenters. The maximum Gasteiger partial charge on any atom is 0.343 e. The quantitative estimate of drug-likeness (QED) is 0.374. The zero-order valence-electron chi connectivity index (χ0n) is 7.36. The molecule has 2 unspecified atom stereocenters. The molecule has 13 heavy (non-hydrogen) atoms. The van der Waals surface area contributed by atoms with Crippen LogP contribution in [-0.4, -0.2) is 40.2 Å². The number of rotatable bonds is 5. The molecular formula is C7H14N2O4. The van der Waals surface area contributed by atoms with Crippen molar-refractivity contribution in [1.29, 1.82) is 0 Å². The molecule has 6 N–H and O–H groups in total. The lowest BCUT2D eigenvalue weighted by Gasteiger charge is -2.20. The highest BCUT2D eigenvalue weighted by Crippen LogP contribution is 2.08. The van der Waals surface area contributed by atoms with Crippen molar-refractivity contribution in [3.63, 3.8) is 0 Å². The summed E-state index contributed by atoms with van der Waals surface area (Å²) in [5.41, 5.74) is 8.00. The molecule has 0 fully saturated rings. The Morgan fingerprint density at radius 1 is 1.54 bits per heavy atom. The van der Waals surface area contributed by atoms with E-state index in [-0.39, 0.29) is 13.0 Å². The average Bonchev–Trinajstić information content (AvgIpc) is 2.03. The zero-order chi connectivity index (χ0) is 10.6. The van der Waals surface area contributed by atoms with Crippen LogP contribution < -0.4 is 11.5 Å². The Labute approximate surface area is 75.5 Å². The van der Waals surface area contributed by atoms with Gasteiger partial charge in [0.05, 0.1) is 6.04 Å². The summed E-state index contributed by atoms with van der Waals surface area (Å²) in [6, 6.07) is -1.03. The average molecular weight is 190 g/mol. The number of carbonyl (C=O) groups is 2. The summed E-state index contributed by atoms with van der Waals surface area (Å²) in [6.07, 6.45) is 0.155. The summed E-state index contributed by atoms with van der Waals surface area (Å²) in [6.45, 7) is 1.07. The van der Waals surface area contributed by atoms with E-state index in [0.717, 1.165) is 6.92 Å². The molecular weight excluding hydrogens is 176 g/mol. The van der Waals surface area contributed by atoms with Crippen LogP contribution in [-0.2, 0) is 9.59 Å². The van der Waals surface area contributed by atoms with Gasteiger partial charge in [0.25, 0.3) is 0 Å². The number of carbonyl (C=O) groups excluding carboxylic acids is 1. The summed E-state index contributed by atoms with van der Waals surface area (Å²) >= 11 is 0. The standard InChI is InChI=1S/C7H14N2O4/c1-7(13,6(11)12)5(10)4(9)2-3-8/h4,13H,2-3,8-9H2,1H3,(H,11,12). The third kappa shape index (κ3) is 2.76. The highest BCUT2D eigenvalue weighted by atomic mass is 16.4. The van der Waals surface area contributed by atoms with Crippen LogP contribution in [0.4, 0.5) is 0 Å². The number of hydrogen-bond donors (Lipinski definition) is 4. The highest BCUT2D eigenvalue weighted by molar-refractivity contribution is 6.08. The van der Waals surface area contributed by atoms with Gasteiger partial charge in [0.1, 0.15) is 0 Å². The lowest BCUT2D eigenvalue weighted by atomic mass is 9.94. The van der Waals surface area contributed by atoms with Gasteiger partial charge in [-0.2, -0.15) is 0 Å². The van der Waals surface area contributed by atoms with E-state index in [1.165, 1.54) is 0 Å². The third-order valence-electron chi connectivity index (χ3n) is 1.71. The Balaban J connectivity index is 4.49. The minimum Gasteiger partial charge on any atom is -0.479 e. The summed E-state index contributed by atoms with van der Waals surface area (Å²) < 4.78 is 0. The van der Waals surface area contributed by atoms with Gasteiger partial charge in [-0.25, -0.2) is 4.79 Å². The minimum absolute atomic E-state index is 0.155. The molecule has 0 aromatic carbocycles. The number of nitrogens with two attached hydrogens (primary N) is 2. The van der Waals surface area contributed by atoms with Crippen LogP contribution in [0.25, 0.3) is 0 Å². The number of Topliss-reactive ketones (excluding diaryl/α,β-unsaturated/α-hetero) is 1. The first kappa shape index (κ1) is 12.0. The molecule has 0 heterocycles. The van der Waals surface area contributed by atoms with Crippen LogP contribution in [0.2, 0.25) is 0 Å². The first-order valence-corrected chi connectivity index (χ1v) is 3.79. The van der Waals surface area contributed by atoms with Gasteiger partial charge in [0.15, 0.2) is 5.78 Å². The van der Waals surface area contributed by atoms with Crippen LogP contribution in [0.15, 0.2) is 0 Å². The predicted octanol–water partition coefficient (Wildman–Crippen LogP) is -1.93. The van der Waals surface area contributed by atoms with Crippen LogP contribution in [0, 0.1) is 0 Å². The molecule has 0 saturated heterocycles. The van der Waals surface area contributed by atoms with Crippen molar-refractivity contribution in [3.8, 4) is 0 Å².